The van der Waals surface area contributed by atoms with Crippen LogP contribution in [0.1, 0.15) is 41.3 Å². The van der Waals surface area contributed by atoms with Crippen molar-refractivity contribution < 1.29 is 18.5 Å². The van der Waals surface area contributed by atoms with E-state index in [1.807, 2.05) is 75.4 Å². The van der Waals surface area contributed by atoms with Gasteiger partial charge in [0, 0.05) is 5.39 Å². The zero-order chi connectivity index (χ0) is 21.1. The number of rotatable bonds is 7. The van der Waals surface area contributed by atoms with E-state index in [1.54, 1.807) is 0 Å². The van der Waals surface area contributed by atoms with E-state index >= 15 is 0 Å². The second kappa shape index (κ2) is 8.45. The molecular formula is C24H24N2O4. The molecule has 0 aliphatic rings. The van der Waals surface area contributed by atoms with Crippen molar-refractivity contribution in [1.82, 2.24) is 10.5 Å². The van der Waals surface area contributed by atoms with Gasteiger partial charge >= 0.3 is 0 Å². The summed E-state index contributed by atoms with van der Waals surface area (Å²) in [5, 5.41) is 7.95. The quantitative estimate of drug-likeness (QED) is 0.467. The molecule has 0 saturated heterocycles. The van der Waals surface area contributed by atoms with Crippen molar-refractivity contribution in [1.29, 1.82) is 0 Å². The number of nitrogens with zero attached hydrogens (tertiary/aromatic N) is 1. The predicted molar refractivity (Wildman–Crippen MR) is 113 cm³/mol. The first kappa shape index (κ1) is 19.8. The van der Waals surface area contributed by atoms with Gasteiger partial charge in [-0.1, -0.05) is 35.5 Å². The van der Waals surface area contributed by atoms with Gasteiger partial charge in [0.1, 0.15) is 29.5 Å². The van der Waals surface area contributed by atoms with Gasteiger partial charge in [0.25, 0.3) is 0 Å². The van der Waals surface area contributed by atoms with Gasteiger partial charge in [0.2, 0.25) is 5.91 Å². The second-order valence-electron chi connectivity index (χ2n) is 7.39. The topological polar surface area (TPSA) is 77.5 Å². The van der Waals surface area contributed by atoms with Gasteiger partial charge in [-0.3, -0.25) is 4.79 Å². The van der Waals surface area contributed by atoms with Crippen LogP contribution in [0.4, 0.5) is 0 Å². The number of fused-ring (bicyclic) bond motifs is 1. The number of hydrogen-bond acceptors (Lipinski definition) is 5. The molecule has 1 atom stereocenters. The number of carbonyl (C=O) groups is 1. The van der Waals surface area contributed by atoms with Gasteiger partial charge in [-0.25, -0.2) is 0 Å². The number of amides is 1. The Balaban J connectivity index is 1.32. The minimum atomic E-state index is -0.206. The van der Waals surface area contributed by atoms with Gasteiger partial charge in [0.05, 0.1) is 23.7 Å². The lowest BCUT2D eigenvalue weighted by molar-refractivity contribution is -0.121. The van der Waals surface area contributed by atoms with E-state index in [-0.39, 0.29) is 18.4 Å². The molecule has 0 unspecified atom stereocenters. The molecule has 154 valence electrons. The van der Waals surface area contributed by atoms with Crippen molar-refractivity contribution in [3.63, 3.8) is 0 Å². The highest BCUT2D eigenvalue weighted by Gasteiger charge is 2.15. The molecule has 6 heteroatoms. The maximum Gasteiger partial charge on any atom is 0.224 e. The molecule has 0 radical (unpaired) electrons. The summed E-state index contributed by atoms with van der Waals surface area (Å²) in [7, 11) is 0. The minimum Gasteiger partial charge on any atom is -0.489 e. The van der Waals surface area contributed by atoms with Crippen LogP contribution in [0.15, 0.2) is 63.5 Å². The second-order valence-corrected chi connectivity index (χ2v) is 7.39. The van der Waals surface area contributed by atoms with Crippen molar-refractivity contribution in [3.05, 3.63) is 82.9 Å². The average Bonchev–Trinajstić information content (AvgIpc) is 3.31. The molecule has 0 fully saturated rings. The summed E-state index contributed by atoms with van der Waals surface area (Å²) in [5.74, 6) is 2.18. The molecule has 4 aromatic rings. The molecule has 1 amide bonds. The van der Waals surface area contributed by atoms with Gasteiger partial charge in [-0.15, -0.1) is 0 Å². The molecule has 0 aliphatic carbocycles. The Labute approximate surface area is 174 Å². The van der Waals surface area contributed by atoms with E-state index in [1.165, 1.54) is 0 Å². The van der Waals surface area contributed by atoms with Crippen LogP contribution >= 0.6 is 0 Å². The molecule has 0 spiro atoms. The Morgan fingerprint density at radius 3 is 2.60 bits per heavy atom. The Kier molecular flexibility index (Phi) is 5.57. The minimum absolute atomic E-state index is 0.0626. The maximum absolute atomic E-state index is 12.5. The Morgan fingerprint density at radius 2 is 1.90 bits per heavy atom. The van der Waals surface area contributed by atoms with E-state index in [0.717, 1.165) is 45.1 Å². The lowest BCUT2D eigenvalue weighted by Crippen LogP contribution is -2.27. The normalized spacial score (nSPS) is 12.1. The van der Waals surface area contributed by atoms with Crippen molar-refractivity contribution in [2.45, 2.75) is 39.8 Å². The van der Waals surface area contributed by atoms with Crippen molar-refractivity contribution in [2.24, 2.45) is 0 Å². The molecule has 0 bridgehead atoms. The van der Waals surface area contributed by atoms with Gasteiger partial charge in [0.15, 0.2) is 0 Å². The summed E-state index contributed by atoms with van der Waals surface area (Å²) < 4.78 is 16.8. The SMILES string of the molecule is Cc1noc(C)c1COc1ccc(CC(=O)N[C@H](C)c2cc3ccccc3o2)cc1. The maximum atomic E-state index is 12.5. The number of furan rings is 1. The summed E-state index contributed by atoms with van der Waals surface area (Å²) >= 11 is 0. The molecular weight excluding hydrogens is 380 g/mol. The lowest BCUT2D eigenvalue weighted by atomic mass is 10.1. The van der Waals surface area contributed by atoms with Gasteiger partial charge in [-0.05, 0) is 50.6 Å². The summed E-state index contributed by atoms with van der Waals surface area (Å²) in [4.78, 5) is 12.5. The Bertz CT molecular complexity index is 1110. The number of ether oxygens (including phenoxy) is 1. The highest BCUT2D eigenvalue weighted by Crippen LogP contribution is 2.24. The lowest BCUT2D eigenvalue weighted by Gasteiger charge is -2.12. The highest BCUT2D eigenvalue weighted by atomic mass is 16.5. The summed E-state index contributed by atoms with van der Waals surface area (Å²) in [6.07, 6.45) is 0.286. The third-order valence-electron chi connectivity index (χ3n) is 5.10. The summed E-state index contributed by atoms with van der Waals surface area (Å²) in [5.41, 5.74) is 3.52. The molecule has 0 saturated carbocycles. The molecule has 0 aliphatic heterocycles. The van der Waals surface area contributed by atoms with Gasteiger partial charge < -0.3 is 19.0 Å². The molecule has 2 heterocycles. The van der Waals surface area contributed by atoms with E-state index < -0.39 is 0 Å². The monoisotopic (exact) mass is 404 g/mol. The number of nitrogens with one attached hydrogen (secondary N) is 1. The number of aryl methyl sites for hydroxylation is 2. The van der Waals surface area contributed by atoms with Crippen LogP contribution < -0.4 is 10.1 Å². The number of para-hydroxylation sites is 1. The van der Waals surface area contributed by atoms with Crippen LogP contribution in [-0.4, -0.2) is 11.1 Å². The van der Waals surface area contributed by atoms with Crippen LogP contribution in [0.25, 0.3) is 11.0 Å². The van der Waals surface area contributed by atoms with E-state index in [0.29, 0.717) is 6.61 Å². The fraction of sp³-hybridized carbons (Fsp3) is 0.250. The first-order chi connectivity index (χ1) is 14.5. The number of aromatic nitrogens is 1. The zero-order valence-electron chi connectivity index (χ0n) is 17.3. The van der Waals surface area contributed by atoms with E-state index in [4.69, 9.17) is 13.7 Å². The highest BCUT2D eigenvalue weighted by molar-refractivity contribution is 5.80. The van der Waals surface area contributed by atoms with Crippen LogP contribution in [-0.2, 0) is 17.8 Å². The molecule has 2 aromatic carbocycles. The summed E-state index contributed by atoms with van der Waals surface area (Å²) in [6.45, 7) is 6.08. The number of benzene rings is 2. The first-order valence-corrected chi connectivity index (χ1v) is 9.91. The number of hydrogen-bond donors (Lipinski definition) is 1. The molecule has 2 aromatic heterocycles. The smallest absolute Gasteiger partial charge is 0.224 e. The predicted octanol–water partition coefficient (Wildman–Crippen LogP) is 5.04. The fourth-order valence-corrected chi connectivity index (χ4v) is 3.33. The molecule has 30 heavy (non-hydrogen) atoms. The third-order valence-corrected chi connectivity index (χ3v) is 5.10. The molecule has 6 nitrogen and oxygen atoms in total. The average molecular weight is 404 g/mol. The van der Waals surface area contributed by atoms with Crippen LogP contribution in [0.5, 0.6) is 5.75 Å². The van der Waals surface area contributed by atoms with Crippen molar-refractivity contribution in [2.75, 3.05) is 0 Å². The van der Waals surface area contributed by atoms with Crippen LogP contribution in [0.3, 0.4) is 0 Å². The third kappa shape index (κ3) is 4.38. The van der Waals surface area contributed by atoms with E-state index in [9.17, 15) is 4.79 Å². The largest absolute Gasteiger partial charge is 0.489 e. The molecule has 1 N–H and O–H groups in total. The molecule has 4 rings (SSSR count). The van der Waals surface area contributed by atoms with Crippen LogP contribution in [0.2, 0.25) is 0 Å². The standard InChI is InChI=1S/C24H24N2O4/c1-15-21(17(3)30-26-15)14-28-20-10-8-18(9-11-20)12-24(27)25-16(2)23-13-19-6-4-5-7-22(19)29-23/h4-11,13,16H,12,14H2,1-3H3,(H,25,27)/t16-/m1/s1. The van der Waals surface area contributed by atoms with Gasteiger partial charge in [-0.2, -0.15) is 0 Å². The fourth-order valence-electron chi connectivity index (χ4n) is 3.33. The Hall–Kier alpha value is -3.54. The van der Waals surface area contributed by atoms with Crippen molar-refractivity contribution >= 4 is 16.9 Å². The van der Waals surface area contributed by atoms with Crippen LogP contribution in [0, 0.1) is 13.8 Å². The summed E-state index contributed by atoms with van der Waals surface area (Å²) in [6, 6.07) is 17.1. The van der Waals surface area contributed by atoms with Crippen molar-refractivity contribution in [3.8, 4) is 5.75 Å². The number of carbonyl (C=O) groups excluding carboxylic acids is 1. The first-order valence-electron chi connectivity index (χ1n) is 9.91. The zero-order valence-corrected chi connectivity index (χ0v) is 17.3. The Morgan fingerprint density at radius 1 is 1.13 bits per heavy atom. The van der Waals surface area contributed by atoms with E-state index in [2.05, 4.69) is 10.5 Å².